The maximum absolute atomic E-state index is 12.9. The topological polar surface area (TPSA) is 66.9 Å². The van der Waals surface area contributed by atoms with E-state index in [4.69, 9.17) is 0 Å². The van der Waals surface area contributed by atoms with Crippen LogP contribution in [0.4, 0.5) is 18.9 Å². The number of rotatable bonds is 3. The third-order valence-corrected chi connectivity index (χ3v) is 4.71. The predicted molar refractivity (Wildman–Crippen MR) is 103 cm³/mol. The Hall–Kier alpha value is -2.81. The van der Waals surface area contributed by atoms with Crippen LogP contribution in [-0.4, -0.2) is 15.5 Å². The number of nitrogens with one attached hydrogen (secondary N) is 2. The number of amides is 1. The molecule has 2 heterocycles. The molecule has 1 aromatic carbocycles. The van der Waals surface area contributed by atoms with Gasteiger partial charge in [-0.15, -0.1) is 0 Å². The van der Waals surface area contributed by atoms with Crippen molar-refractivity contribution in [2.75, 3.05) is 5.32 Å². The number of pyridine rings is 1. The molecule has 0 saturated heterocycles. The molecule has 3 rings (SSSR count). The van der Waals surface area contributed by atoms with E-state index in [1.807, 2.05) is 40.7 Å². The van der Waals surface area contributed by atoms with E-state index >= 15 is 0 Å². The van der Waals surface area contributed by atoms with Gasteiger partial charge in [-0.1, -0.05) is 22.0 Å². The summed E-state index contributed by atoms with van der Waals surface area (Å²) in [6.07, 6.45) is -4.07. The van der Waals surface area contributed by atoms with E-state index in [0.717, 1.165) is 15.9 Å². The maximum atomic E-state index is 12.9. The molecule has 3 aromatic rings. The Morgan fingerprint density at radius 1 is 1.18 bits per heavy atom. The van der Waals surface area contributed by atoms with Gasteiger partial charge in [-0.2, -0.15) is 13.2 Å². The number of carbonyl (C=O) groups excluding carboxylic acids is 1. The smallest absolute Gasteiger partial charge is 0.327 e. The number of aryl methyl sites for hydroxylation is 1. The van der Waals surface area contributed by atoms with E-state index in [1.54, 1.807) is 13.0 Å². The minimum Gasteiger partial charge on any atom is -0.327 e. The maximum Gasteiger partial charge on any atom is 0.417 e. The number of nitrogens with zero attached hydrogens (tertiary/aromatic N) is 1. The highest BCUT2D eigenvalue weighted by molar-refractivity contribution is 9.10. The van der Waals surface area contributed by atoms with Gasteiger partial charge in [0.15, 0.2) is 0 Å². The van der Waals surface area contributed by atoms with Crippen molar-refractivity contribution in [3.05, 3.63) is 79.9 Å². The normalized spacial score (nSPS) is 11.5. The zero-order chi connectivity index (χ0) is 20.6. The lowest BCUT2D eigenvalue weighted by Crippen LogP contribution is -2.21. The highest BCUT2D eigenvalue weighted by Crippen LogP contribution is 2.29. The first kappa shape index (κ1) is 19.9. The largest absolute Gasteiger partial charge is 0.417 e. The van der Waals surface area contributed by atoms with Crippen molar-refractivity contribution in [2.45, 2.75) is 20.0 Å². The molecule has 0 bridgehead atoms. The molecule has 0 radical (unpaired) electrons. The first-order valence-electron chi connectivity index (χ1n) is 8.14. The number of carbonyl (C=O) groups is 1. The van der Waals surface area contributed by atoms with Crippen LogP contribution in [0, 0.1) is 13.8 Å². The van der Waals surface area contributed by atoms with Crippen molar-refractivity contribution in [1.82, 2.24) is 9.55 Å². The van der Waals surface area contributed by atoms with Crippen LogP contribution in [0.15, 0.2) is 51.9 Å². The minimum absolute atomic E-state index is 0.259. The number of anilines is 1. The number of H-pyrrole nitrogens is 1. The van der Waals surface area contributed by atoms with E-state index < -0.39 is 28.9 Å². The molecule has 146 valence electrons. The molecule has 2 N–H and O–H groups in total. The van der Waals surface area contributed by atoms with Crippen LogP contribution < -0.4 is 10.9 Å². The van der Waals surface area contributed by atoms with Crippen molar-refractivity contribution in [3.8, 4) is 5.69 Å². The summed E-state index contributed by atoms with van der Waals surface area (Å²) in [4.78, 5) is 26.5. The van der Waals surface area contributed by atoms with E-state index in [1.165, 1.54) is 0 Å². The van der Waals surface area contributed by atoms with Gasteiger partial charge in [0.1, 0.15) is 5.69 Å². The Kier molecular flexibility index (Phi) is 5.20. The third kappa shape index (κ3) is 3.89. The van der Waals surface area contributed by atoms with Gasteiger partial charge in [0.05, 0.1) is 11.1 Å². The lowest BCUT2D eigenvalue weighted by Gasteiger charge is -2.11. The highest BCUT2D eigenvalue weighted by atomic mass is 79.9. The SMILES string of the molecule is Cc1cc(C(=O)Nc2cc(C(F)(F)F)c[nH]c2=O)c(C)n1-c1cccc(Br)c1. The molecular formula is C19H15BrF3N3O2. The predicted octanol–water partition coefficient (Wildman–Crippen LogP) is 4.82. The second kappa shape index (κ2) is 7.31. The van der Waals surface area contributed by atoms with E-state index in [-0.39, 0.29) is 5.56 Å². The van der Waals surface area contributed by atoms with Gasteiger partial charge in [-0.3, -0.25) is 9.59 Å². The Morgan fingerprint density at radius 3 is 2.54 bits per heavy atom. The summed E-state index contributed by atoms with van der Waals surface area (Å²) < 4.78 is 41.3. The molecule has 9 heteroatoms. The number of aromatic amines is 1. The Bertz CT molecular complexity index is 1120. The summed E-state index contributed by atoms with van der Waals surface area (Å²) in [6, 6.07) is 9.69. The fourth-order valence-electron chi connectivity index (χ4n) is 2.94. The van der Waals surface area contributed by atoms with Crippen molar-refractivity contribution in [3.63, 3.8) is 0 Å². The molecule has 0 aliphatic heterocycles. The van der Waals surface area contributed by atoms with E-state index in [0.29, 0.717) is 18.0 Å². The van der Waals surface area contributed by atoms with E-state index in [2.05, 4.69) is 21.2 Å². The number of alkyl halides is 3. The zero-order valence-corrected chi connectivity index (χ0v) is 16.4. The molecule has 0 saturated carbocycles. The molecule has 28 heavy (non-hydrogen) atoms. The fraction of sp³-hybridized carbons (Fsp3) is 0.158. The Morgan fingerprint density at radius 2 is 1.89 bits per heavy atom. The van der Waals surface area contributed by atoms with Gasteiger partial charge < -0.3 is 14.9 Å². The van der Waals surface area contributed by atoms with Gasteiger partial charge in [0.25, 0.3) is 11.5 Å². The summed E-state index contributed by atoms with van der Waals surface area (Å²) in [6.45, 7) is 3.53. The van der Waals surface area contributed by atoms with Crippen LogP contribution in [0.3, 0.4) is 0 Å². The Balaban J connectivity index is 1.97. The van der Waals surface area contributed by atoms with Gasteiger partial charge in [0.2, 0.25) is 0 Å². The molecule has 0 fully saturated rings. The number of aromatic nitrogens is 2. The van der Waals surface area contributed by atoms with Crippen molar-refractivity contribution in [2.24, 2.45) is 0 Å². The molecule has 0 atom stereocenters. The van der Waals surface area contributed by atoms with Crippen LogP contribution in [-0.2, 0) is 6.18 Å². The molecule has 0 aliphatic rings. The van der Waals surface area contributed by atoms with Gasteiger partial charge in [-0.05, 0) is 44.2 Å². The second-order valence-electron chi connectivity index (χ2n) is 6.18. The van der Waals surface area contributed by atoms with Crippen molar-refractivity contribution >= 4 is 27.5 Å². The zero-order valence-electron chi connectivity index (χ0n) is 14.8. The standard InChI is InChI=1S/C19H15BrF3N3O2/c1-10-6-15(11(2)26(10)14-5-3-4-13(20)8-14)17(27)25-16-7-12(19(21,22)23)9-24-18(16)28/h3-9H,1-2H3,(H,24,28)(H,25,27). The number of halogens is 4. The molecule has 1 amide bonds. The number of benzene rings is 1. The summed E-state index contributed by atoms with van der Waals surface area (Å²) in [7, 11) is 0. The number of hydrogen-bond donors (Lipinski definition) is 2. The molecule has 5 nitrogen and oxygen atoms in total. The monoisotopic (exact) mass is 453 g/mol. The van der Waals surface area contributed by atoms with Crippen LogP contribution in [0.1, 0.15) is 27.3 Å². The lowest BCUT2D eigenvalue weighted by atomic mass is 10.2. The average Bonchev–Trinajstić information content (AvgIpc) is 2.90. The summed E-state index contributed by atoms with van der Waals surface area (Å²) in [5.74, 6) is -0.667. The van der Waals surface area contributed by atoms with Crippen molar-refractivity contribution in [1.29, 1.82) is 0 Å². The minimum atomic E-state index is -4.64. The van der Waals surface area contributed by atoms with Gasteiger partial charge in [-0.25, -0.2) is 0 Å². The summed E-state index contributed by atoms with van der Waals surface area (Å²) in [5.41, 5.74) is 0.0982. The summed E-state index contributed by atoms with van der Waals surface area (Å²) >= 11 is 3.40. The molecule has 0 spiro atoms. The van der Waals surface area contributed by atoms with E-state index in [9.17, 15) is 22.8 Å². The average molecular weight is 454 g/mol. The first-order chi connectivity index (χ1) is 13.1. The van der Waals surface area contributed by atoms with Crippen LogP contribution in [0.2, 0.25) is 0 Å². The number of hydrogen-bond acceptors (Lipinski definition) is 2. The molecule has 2 aromatic heterocycles. The quantitative estimate of drug-likeness (QED) is 0.597. The molecule has 0 unspecified atom stereocenters. The fourth-order valence-corrected chi connectivity index (χ4v) is 3.32. The first-order valence-corrected chi connectivity index (χ1v) is 8.93. The second-order valence-corrected chi connectivity index (χ2v) is 7.10. The van der Waals surface area contributed by atoms with Crippen LogP contribution in [0.25, 0.3) is 5.69 Å². The highest BCUT2D eigenvalue weighted by Gasteiger charge is 2.31. The van der Waals surface area contributed by atoms with Crippen molar-refractivity contribution < 1.29 is 18.0 Å². The molecular weight excluding hydrogens is 439 g/mol. The summed E-state index contributed by atoms with van der Waals surface area (Å²) in [5, 5.41) is 2.28. The molecule has 0 aliphatic carbocycles. The van der Waals surface area contributed by atoms with Gasteiger partial charge >= 0.3 is 6.18 Å². The van der Waals surface area contributed by atoms with Crippen LogP contribution >= 0.6 is 15.9 Å². The Labute approximate surface area is 166 Å². The third-order valence-electron chi connectivity index (χ3n) is 4.22. The van der Waals surface area contributed by atoms with Gasteiger partial charge in [0, 0.05) is 27.7 Å². The van der Waals surface area contributed by atoms with Crippen LogP contribution in [0.5, 0.6) is 0 Å². The lowest BCUT2D eigenvalue weighted by molar-refractivity contribution is -0.137.